The van der Waals surface area contributed by atoms with Gasteiger partial charge in [-0.15, -0.1) is 11.3 Å². The van der Waals surface area contributed by atoms with E-state index in [0.29, 0.717) is 32.1 Å². The molecule has 1 atom stereocenters. The van der Waals surface area contributed by atoms with Gasteiger partial charge in [-0.05, 0) is 42.7 Å². The van der Waals surface area contributed by atoms with Crippen LogP contribution in [0.25, 0.3) is 21.3 Å². The third-order valence-corrected chi connectivity index (χ3v) is 7.35. The summed E-state index contributed by atoms with van der Waals surface area (Å²) in [5, 5.41) is 7.95. The molecule has 3 heterocycles. The third kappa shape index (κ3) is 5.01. The molecule has 8 nitrogen and oxygen atoms in total. The number of carbonyl (C=O) groups excluding carboxylic acids is 1. The summed E-state index contributed by atoms with van der Waals surface area (Å²) in [6.07, 6.45) is 4.49. The first-order valence-electron chi connectivity index (χ1n) is 11.7. The Labute approximate surface area is 207 Å². The average molecular weight is 493 g/mol. The summed E-state index contributed by atoms with van der Waals surface area (Å²) < 4.78 is 18.2. The topological polar surface area (TPSA) is 89.6 Å². The van der Waals surface area contributed by atoms with E-state index in [-0.39, 0.29) is 18.4 Å². The van der Waals surface area contributed by atoms with E-state index in [1.54, 1.807) is 29.5 Å². The first kappa shape index (κ1) is 23.3. The highest BCUT2D eigenvalue weighted by Crippen LogP contribution is 2.40. The predicted molar refractivity (Wildman–Crippen MR) is 135 cm³/mol. The summed E-state index contributed by atoms with van der Waals surface area (Å²) in [6, 6.07) is 12.2. The van der Waals surface area contributed by atoms with Crippen molar-refractivity contribution in [2.24, 2.45) is 0 Å². The summed E-state index contributed by atoms with van der Waals surface area (Å²) in [6.45, 7) is 4.09. The fraction of sp³-hybridized carbons (Fsp3) is 0.346. The van der Waals surface area contributed by atoms with Crippen molar-refractivity contribution < 1.29 is 19.0 Å². The number of aromatic amines is 1. The Bertz CT molecular complexity index is 1300. The van der Waals surface area contributed by atoms with Crippen molar-refractivity contribution in [3.05, 3.63) is 59.4 Å². The van der Waals surface area contributed by atoms with Crippen LogP contribution in [-0.4, -0.2) is 66.0 Å². The molecule has 0 aliphatic carbocycles. The van der Waals surface area contributed by atoms with Gasteiger partial charge in [-0.25, -0.2) is 4.98 Å². The van der Waals surface area contributed by atoms with E-state index >= 15 is 0 Å². The number of benzene rings is 2. The van der Waals surface area contributed by atoms with Crippen LogP contribution >= 0.6 is 11.3 Å². The van der Waals surface area contributed by atoms with Crippen LogP contribution in [-0.2, 0) is 16.0 Å². The fourth-order valence-electron chi connectivity index (χ4n) is 4.25. The molecule has 0 bridgehead atoms. The summed E-state index contributed by atoms with van der Waals surface area (Å²) >= 11 is 1.65. The lowest BCUT2D eigenvalue weighted by molar-refractivity contribution is -0.133. The first-order valence-corrected chi connectivity index (χ1v) is 12.5. The zero-order valence-electron chi connectivity index (χ0n) is 19.8. The number of likely N-dealkylation sites (N-methyl/N-ethyl adjacent to an activating group) is 1. The molecule has 1 amide bonds. The van der Waals surface area contributed by atoms with Gasteiger partial charge in [0, 0.05) is 37.9 Å². The van der Waals surface area contributed by atoms with E-state index in [4.69, 9.17) is 19.2 Å². The number of methoxy groups -OCH3 is 1. The quantitative estimate of drug-likeness (QED) is 0.375. The van der Waals surface area contributed by atoms with Crippen molar-refractivity contribution in [2.75, 3.05) is 40.0 Å². The number of amides is 1. The summed E-state index contributed by atoms with van der Waals surface area (Å²) in [5.74, 6) is 1.62. The molecule has 5 rings (SSSR count). The number of carbonyl (C=O) groups is 1. The number of nitrogens with zero attached hydrogens (tertiary/aromatic N) is 3. The van der Waals surface area contributed by atoms with Gasteiger partial charge in [0.2, 0.25) is 0 Å². The number of ether oxygens (including phenoxy) is 3. The SMILES string of the molecule is CCN(CCOC)C(=O)COc1cc(-c2cn[nH]c2)cc2sc(C3COc4ccccc4C3)nc12. The molecular weight excluding hydrogens is 464 g/mol. The van der Waals surface area contributed by atoms with Crippen LogP contribution in [0, 0.1) is 0 Å². The van der Waals surface area contributed by atoms with Gasteiger partial charge in [0.25, 0.3) is 5.91 Å². The van der Waals surface area contributed by atoms with Gasteiger partial charge in [0.1, 0.15) is 22.0 Å². The van der Waals surface area contributed by atoms with E-state index in [2.05, 4.69) is 22.3 Å². The smallest absolute Gasteiger partial charge is 0.260 e. The van der Waals surface area contributed by atoms with Crippen molar-refractivity contribution in [3.63, 3.8) is 0 Å². The molecule has 9 heteroatoms. The number of fused-ring (bicyclic) bond motifs is 2. The number of para-hydroxylation sites is 1. The maximum Gasteiger partial charge on any atom is 0.260 e. The second kappa shape index (κ2) is 10.5. The normalized spacial score (nSPS) is 15.0. The zero-order chi connectivity index (χ0) is 24.2. The van der Waals surface area contributed by atoms with Gasteiger partial charge < -0.3 is 19.1 Å². The Morgan fingerprint density at radius 3 is 2.97 bits per heavy atom. The van der Waals surface area contributed by atoms with Crippen LogP contribution < -0.4 is 9.47 Å². The number of aromatic nitrogens is 3. The average Bonchev–Trinajstić information content (AvgIpc) is 3.58. The van der Waals surface area contributed by atoms with Crippen LogP contribution in [0.1, 0.15) is 23.4 Å². The van der Waals surface area contributed by atoms with Crippen molar-refractivity contribution >= 4 is 27.5 Å². The highest BCUT2D eigenvalue weighted by atomic mass is 32.1. The molecule has 2 aromatic carbocycles. The van der Waals surface area contributed by atoms with Crippen molar-refractivity contribution in [1.29, 1.82) is 0 Å². The number of hydrogen-bond acceptors (Lipinski definition) is 7. The van der Waals surface area contributed by atoms with Crippen molar-refractivity contribution in [1.82, 2.24) is 20.1 Å². The van der Waals surface area contributed by atoms with E-state index in [9.17, 15) is 4.79 Å². The van der Waals surface area contributed by atoms with Crippen LogP contribution in [0.4, 0.5) is 0 Å². The molecule has 2 aromatic heterocycles. The van der Waals surface area contributed by atoms with E-state index < -0.39 is 0 Å². The molecule has 0 saturated heterocycles. The van der Waals surface area contributed by atoms with Crippen molar-refractivity contribution in [3.8, 4) is 22.6 Å². The predicted octanol–water partition coefficient (Wildman–Crippen LogP) is 4.28. The lowest BCUT2D eigenvalue weighted by atomic mass is 9.97. The molecule has 1 aliphatic heterocycles. The lowest BCUT2D eigenvalue weighted by Crippen LogP contribution is -2.37. The minimum Gasteiger partial charge on any atom is -0.493 e. The highest BCUT2D eigenvalue weighted by Gasteiger charge is 2.25. The van der Waals surface area contributed by atoms with Crippen LogP contribution in [0.2, 0.25) is 0 Å². The van der Waals surface area contributed by atoms with Crippen molar-refractivity contribution in [2.45, 2.75) is 19.3 Å². The first-order chi connectivity index (χ1) is 17.2. The minimum atomic E-state index is -0.0841. The Morgan fingerprint density at radius 2 is 2.17 bits per heavy atom. The number of H-pyrrole nitrogens is 1. The van der Waals surface area contributed by atoms with Gasteiger partial charge in [0.05, 0.1) is 24.1 Å². The maximum atomic E-state index is 12.8. The lowest BCUT2D eigenvalue weighted by Gasteiger charge is -2.23. The minimum absolute atomic E-state index is 0.0612. The monoisotopic (exact) mass is 492 g/mol. The fourth-order valence-corrected chi connectivity index (χ4v) is 5.36. The molecule has 35 heavy (non-hydrogen) atoms. The standard InChI is InChI=1S/C26H28N4O4S/c1-3-30(8-9-32-2)24(31)16-34-22-11-18(20-13-27-28-14-20)12-23-25(22)29-26(35-23)19-10-17-6-4-5-7-21(17)33-15-19/h4-7,11-14,19H,3,8-10,15-16H2,1-2H3,(H,27,28). The molecule has 1 N–H and O–H groups in total. The van der Waals surface area contributed by atoms with Crippen LogP contribution in [0.5, 0.6) is 11.5 Å². The van der Waals surface area contributed by atoms with Gasteiger partial charge >= 0.3 is 0 Å². The van der Waals surface area contributed by atoms with E-state index in [1.165, 1.54) is 5.56 Å². The van der Waals surface area contributed by atoms with Crippen LogP contribution in [0.15, 0.2) is 48.8 Å². The van der Waals surface area contributed by atoms with Gasteiger partial charge in [-0.2, -0.15) is 5.10 Å². The maximum absolute atomic E-state index is 12.8. The number of hydrogen-bond donors (Lipinski definition) is 1. The molecule has 0 spiro atoms. The molecule has 4 aromatic rings. The third-order valence-electron chi connectivity index (χ3n) is 6.19. The second-order valence-corrected chi connectivity index (χ2v) is 9.50. The molecule has 0 saturated carbocycles. The number of thiazole rings is 1. The number of nitrogens with one attached hydrogen (secondary N) is 1. The van der Waals surface area contributed by atoms with E-state index in [0.717, 1.165) is 38.5 Å². The molecule has 182 valence electrons. The molecule has 0 radical (unpaired) electrons. The molecule has 1 unspecified atom stereocenters. The summed E-state index contributed by atoms with van der Waals surface area (Å²) in [4.78, 5) is 19.5. The van der Waals surface area contributed by atoms with Gasteiger partial charge in [0.15, 0.2) is 6.61 Å². The van der Waals surface area contributed by atoms with Gasteiger partial charge in [-0.1, -0.05) is 18.2 Å². The molecular formula is C26H28N4O4S. The number of rotatable bonds is 9. The highest BCUT2D eigenvalue weighted by molar-refractivity contribution is 7.18. The Morgan fingerprint density at radius 1 is 1.29 bits per heavy atom. The Balaban J connectivity index is 1.44. The second-order valence-electron chi connectivity index (χ2n) is 8.43. The largest absolute Gasteiger partial charge is 0.493 e. The van der Waals surface area contributed by atoms with E-state index in [1.807, 2.05) is 37.4 Å². The van der Waals surface area contributed by atoms with Gasteiger partial charge in [-0.3, -0.25) is 9.89 Å². The van der Waals surface area contributed by atoms with Crippen LogP contribution in [0.3, 0.4) is 0 Å². The molecule has 1 aliphatic rings. The Kier molecular flexibility index (Phi) is 6.96. The Hall–Kier alpha value is -3.43. The summed E-state index contributed by atoms with van der Waals surface area (Å²) in [5.41, 5.74) is 3.87. The summed E-state index contributed by atoms with van der Waals surface area (Å²) in [7, 11) is 1.63. The zero-order valence-corrected chi connectivity index (χ0v) is 20.6. The molecule has 0 fully saturated rings.